The molecule has 0 atom stereocenters. The second-order valence-corrected chi connectivity index (χ2v) is 4.07. The van der Waals surface area contributed by atoms with E-state index in [4.69, 9.17) is 15.3 Å². The molecule has 1 heterocycles. The van der Waals surface area contributed by atoms with Crippen LogP contribution in [0.2, 0.25) is 0 Å². The third-order valence-corrected chi connectivity index (χ3v) is 2.83. The van der Waals surface area contributed by atoms with Crippen molar-refractivity contribution in [3.05, 3.63) is 51.5 Å². The Bertz CT molecular complexity index is 782. The molecule has 0 amide bonds. The molecule has 0 saturated carbocycles. The van der Waals surface area contributed by atoms with Gasteiger partial charge in [-0.3, -0.25) is 0 Å². The maximum absolute atomic E-state index is 10.7. The Kier molecular flexibility index (Phi) is 3.82. The fourth-order valence-electron chi connectivity index (χ4n) is 1.70. The number of nitro groups is 1. The minimum Gasteiger partial charge on any atom is -0.482 e. The van der Waals surface area contributed by atoms with Crippen molar-refractivity contribution in [3.63, 3.8) is 0 Å². The molecule has 0 aliphatic carbocycles. The molecule has 0 N–H and O–H groups in total. The number of imidazole rings is 1. The SMILES string of the molecule is Cn1c([N+](=O)[O-])cnc1COc1ccc(C#N)cc1C#N. The summed E-state index contributed by atoms with van der Waals surface area (Å²) in [4.78, 5) is 14.1. The van der Waals surface area contributed by atoms with E-state index in [0.717, 1.165) is 6.20 Å². The van der Waals surface area contributed by atoms with Crippen LogP contribution in [0.15, 0.2) is 24.4 Å². The number of nitriles is 2. The molecular formula is C13H9N5O3. The third kappa shape index (κ3) is 2.80. The Morgan fingerprint density at radius 2 is 2.19 bits per heavy atom. The van der Waals surface area contributed by atoms with Gasteiger partial charge in [0.1, 0.15) is 18.0 Å². The molecule has 0 saturated heterocycles. The summed E-state index contributed by atoms with van der Waals surface area (Å²) in [6, 6.07) is 8.31. The van der Waals surface area contributed by atoms with Gasteiger partial charge in [0.25, 0.3) is 0 Å². The lowest BCUT2D eigenvalue weighted by Gasteiger charge is -2.06. The first kappa shape index (κ1) is 14.0. The molecule has 1 aromatic carbocycles. The lowest BCUT2D eigenvalue weighted by atomic mass is 10.1. The Labute approximate surface area is 119 Å². The standard InChI is InChI=1S/C13H9N5O3/c1-17-12(16-7-13(17)18(19)20)8-21-11-3-2-9(5-14)4-10(11)6-15/h2-4,7H,8H2,1H3. The normalized spacial score (nSPS) is 9.67. The van der Waals surface area contributed by atoms with Gasteiger partial charge >= 0.3 is 5.82 Å². The van der Waals surface area contributed by atoms with Gasteiger partial charge in [0.15, 0.2) is 6.61 Å². The Morgan fingerprint density at radius 1 is 1.43 bits per heavy atom. The molecular weight excluding hydrogens is 274 g/mol. The summed E-state index contributed by atoms with van der Waals surface area (Å²) in [5, 5.41) is 28.5. The number of nitrogens with zero attached hydrogens (tertiary/aromatic N) is 5. The first-order chi connectivity index (χ1) is 10.1. The van der Waals surface area contributed by atoms with Crippen LogP contribution in [0.5, 0.6) is 5.75 Å². The van der Waals surface area contributed by atoms with Gasteiger partial charge in [-0.2, -0.15) is 10.5 Å². The topological polar surface area (TPSA) is 118 Å². The molecule has 0 unspecified atom stereocenters. The molecule has 104 valence electrons. The molecule has 0 aliphatic rings. The van der Waals surface area contributed by atoms with E-state index in [9.17, 15) is 10.1 Å². The van der Waals surface area contributed by atoms with E-state index in [1.165, 1.54) is 29.8 Å². The van der Waals surface area contributed by atoms with Gasteiger partial charge in [-0.05, 0) is 23.1 Å². The van der Waals surface area contributed by atoms with Gasteiger partial charge in [-0.1, -0.05) is 0 Å². The van der Waals surface area contributed by atoms with Gasteiger partial charge in [0, 0.05) is 0 Å². The maximum atomic E-state index is 10.7. The van der Waals surface area contributed by atoms with Crippen LogP contribution in [-0.2, 0) is 13.7 Å². The molecule has 8 nitrogen and oxygen atoms in total. The first-order valence-corrected chi connectivity index (χ1v) is 5.79. The van der Waals surface area contributed by atoms with Crippen molar-refractivity contribution >= 4 is 5.82 Å². The monoisotopic (exact) mass is 283 g/mol. The highest BCUT2D eigenvalue weighted by Crippen LogP contribution is 2.21. The van der Waals surface area contributed by atoms with E-state index < -0.39 is 4.92 Å². The summed E-state index contributed by atoms with van der Waals surface area (Å²) in [5.41, 5.74) is 0.573. The zero-order valence-corrected chi connectivity index (χ0v) is 11.0. The van der Waals surface area contributed by atoms with Crippen molar-refractivity contribution < 1.29 is 9.66 Å². The Hall–Kier alpha value is -3.39. The van der Waals surface area contributed by atoms with Crippen molar-refractivity contribution in [1.82, 2.24) is 9.55 Å². The quantitative estimate of drug-likeness (QED) is 0.621. The van der Waals surface area contributed by atoms with Gasteiger partial charge in [0.2, 0.25) is 5.82 Å². The lowest BCUT2D eigenvalue weighted by molar-refractivity contribution is -0.391. The smallest absolute Gasteiger partial charge is 0.342 e. The van der Waals surface area contributed by atoms with Crippen molar-refractivity contribution in [2.24, 2.45) is 7.05 Å². The van der Waals surface area contributed by atoms with E-state index in [1.54, 1.807) is 0 Å². The maximum Gasteiger partial charge on any atom is 0.342 e. The molecule has 0 bridgehead atoms. The van der Waals surface area contributed by atoms with Gasteiger partial charge < -0.3 is 14.9 Å². The first-order valence-electron chi connectivity index (χ1n) is 5.79. The largest absolute Gasteiger partial charge is 0.482 e. The molecule has 0 radical (unpaired) electrons. The molecule has 1 aromatic heterocycles. The van der Waals surface area contributed by atoms with E-state index in [0.29, 0.717) is 17.1 Å². The number of hydrogen-bond acceptors (Lipinski definition) is 6. The summed E-state index contributed by atoms with van der Waals surface area (Å²) >= 11 is 0. The molecule has 0 aliphatic heterocycles. The van der Waals surface area contributed by atoms with Crippen LogP contribution in [0.1, 0.15) is 17.0 Å². The van der Waals surface area contributed by atoms with Crippen LogP contribution in [0.4, 0.5) is 5.82 Å². The molecule has 2 aromatic rings. The zero-order valence-electron chi connectivity index (χ0n) is 11.0. The van der Waals surface area contributed by atoms with Crippen molar-refractivity contribution in [2.75, 3.05) is 0 Å². The molecule has 0 fully saturated rings. The summed E-state index contributed by atoms with van der Waals surface area (Å²) in [5.74, 6) is 0.506. The van der Waals surface area contributed by atoms with Crippen LogP contribution in [0.25, 0.3) is 0 Å². The summed E-state index contributed by atoms with van der Waals surface area (Å²) in [7, 11) is 1.51. The number of hydrogen-bond donors (Lipinski definition) is 0. The predicted molar refractivity (Wildman–Crippen MR) is 70.1 cm³/mol. The van der Waals surface area contributed by atoms with E-state index in [2.05, 4.69) is 4.98 Å². The van der Waals surface area contributed by atoms with Crippen LogP contribution in [0, 0.1) is 32.8 Å². The van der Waals surface area contributed by atoms with Crippen LogP contribution >= 0.6 is 0 Å². The van der Waals surface area contributed by atoms with Gasteiger partial charge in [-0.15, -0.1) is 0 Å². The second kappa shape index (κ2) is 5.72. The number of benzene rings is 1. The van der Waals surface area contributed by atoms with E-state index >= 15 is 0 Å². The van der Waals surface area contributed by atoms with Gasteiger partial charge in [0.05, 0.1) is 24.2 Å². The minimum absolute atomic E-state index is 0.0229. The van der Waals surface area contributed by atoms with Crippen LogP contribution in [-0.4, -0.2) is 14.5 Å². The number of ether oxygens (including phenoxy) is 1. The Balaban J connectivity index is 2.20. The predicted octanol–water partition coefficient (Wildman–Crippen LogP) is 1.65. The van der Waals surface area contributed by atoms with Crippen molar-refractivity contribution in [3.8, 4) is 17.9 Å². The van der Waals surface area contributed by atoms with Crippen LogP contribution in [0.3, 0.4) is 0 Å². The lowest BCUT2D eigenvalue weighted by Crippen LogP contribution is -2.06. The van der Waals surface area contributed by atoms with Crippen molar-refractivity contribution in [1.29, 1.82) is 10.5 Å². The average Bonchev–Trinajstić information content (AvgIpc) is 2.86. The summed E-state index contributed by atoms with van der Waals surface area (Å²) in [6.45, 7) is -0.0229. The highest BCUT2D eigenvalue weighted by atomic mass is 16.6. The van der Waals surface area contributed by atoms with Crippen molar-refractivity contribution in [2.45, 2.75) is 6.61 Å². The zero-order chi connectivity index (χ0) is 15.4. The average molecular weight is 283 g/mol. The molecule has 8 heteroatoms. The van der Waals surface area contributed by atoms with E-state index in [1.807, 2.05) is 12.1 Å². The molecule has 0 spiro atoms. The second-order valence-electron chi connectivity index (χ2n) is 4.07. The third-order valence-electron chi connectivity index (χ3n) is 2.83. The Morgan fingerprint density at radius 3 is 2.76 bits per heavy atom. The molecule has 21 heavy (non-hydrogen) atoms. The highest BCUT2D eigenvalue weighted by molar-refractivity contribution is 5.48. The summed E-state index contributed by atoms with van der Waals surface area (Å²) < 4.78 is 6.75. The number of aromatic nitrogens is 2. The van der Waals surface area contributed by atoms with Gasteiger partial charge in [-0.25, -0.2) is 9.55 Å². The highest BCUT2D eigenvalue weighted by Gasteiger charge is 2.17. The number of rotatable bonds is 4. The fourth-order valence-corrected chi connectivity index (χ4v) is 1.70. The fraction of sp³-hybridized carbons (Fsp3) is 0.154. The molecule has 2 rings (SSSR count). The summed E-state index contributed by atoms with van der Waals surface area (Å²) in [6.07, 6.45) is 1.14. The van der Waals surface area contributed by atoms with E-state index in [-0.39, 0.29) is 18.0 Å². The minimum atomic E-state index is -0.543. The van der Waals surface area contributed by atoms with Crippen LogP contribution < -0.4 is 4.74 Å².